The molecule has 0 saturated carbocycles. The molecule has 6 nitrogen and oxygen atoms in total. The van der Waals surface area contributed by atoms with Crippen LogP contribution in [0.4, 0.5) is 5.69 Å². The Labute approximate surface area is 156 Å². The number of nitrogens with one attached hydrogen (secondary N) is 2. The van der Waals surface area contributed by atoms with E-state index in [1.54, 1.807) is 42.3 Å². The number of anilines is 1. The number of ketones is 1. The Bertz CT molecular complexity index is 1070. The van der Waals surface area contributed by atoms with Gasteiger partial charge in [-0.05, 0) is 47.3 Å². The second-order valence-electron chi connectivity index (χ2n) is 6.68. The van der Waals surface area contributed by atoms with Gasteiger partial charge in [0, 0.05) is 48.5 Å². The van der Waals surface area contributed by atoms with Crippen LogP contribution in [-0.4, -0.2) is 36.2 Å². The first kappa shape index (κ1) is 17.0. The molecule has 2 N–H and O–H groups in total. The molecule has 0 fully saturated rings. The van der Waals surface area contributed by atoms with Crippen molar-refractivity contribution in [2.75, 3.05) is 18.5 Å². The van der Waals surface area contributed by atoms with Gasteiger partial charge in [0.15, 0.2) is 5.78 Å². The monoisotopic (exact) mass is 361 g/mol. The van der Waals surface area contributed by atoms with Crippen LogP contribution in [0, 0.1) is 0 Å². The molecule has 0 aliphatic carbocycles. The summed E-state index contributed by atoms with van der Waals surface area (Å²) in [6.45, 7) is 0.260. The number of hydrogen-bond donors (Lipinski definition) is 2. The number of nitrogens with zero attached hydrogens (tertiary/aromatic N) is 1. The lowest BCUT2D eigenvalue weighted by Crippen LogP contribution is -2.26. The number of benzene rings is 2. The number of H-pyrrole nitrogens is 1. The number of aromatic amines is 1. The molecule has 0 radical (unpaired) electrons. The Morgan fingerprint density at radius 2 is 1.93 bits per heavy atom. The van der Waals surface area contributed by atoms with E-state index < -0.39 is 0 Å². The van der Waals surface area contributed by atoms with Crippen molar-refractivity contribution in [2.24, 2.45) is 0 Å². The lowest BCUT2D eigenvalue weighted by Gasteiger charge is -2.10. The summed E-state index contributed by atoms with van der Waals surface area (Å²) in [6.07, 6.45) is 2.36. The third-order valence-electron chi connectivity index (χ3n) is 4.93. The van der Waals surface area contributed by atoms with Gasteiger partial charge in [-0.3, -0.25) is 14.4 Å². The van der Waals surface area contributed by atoms with E-state index in [2.05, 4.69) is 10.3 Å². The highest BCUT2D eigenvalue weighted by Gasteiger charge is 2.24. The number of rotatable bonds is 5. The number of likely N-dealkylation sites (N-methyl/N-ethyl adjacent to an activating group) is 1. The minimum absolute atomic E-state index is 0.0286. The van der Waals surface area contributed by atoms with Gasteiger partial charge < -0.3 is 15.2 Å². The number of aromatic nitrogens is 1. The van der Waals surface area contributed by atoms with Gasteiger partial charge in [-0.2, -0.15) is 0 Å². The molecule has 0 unspecified atom stereocenters. The summed E-state index contributed by atoms with van der Waals surface area (Å²) in [6, 6.07) is 12.7. The van der Waals surface area contributed by atoms with Crippen molar-refractivity contribution in [2.45, 2.75) is 12.8 Å². The van der Waals surface area contributed by atoms with Crippen LogP contribution in [0.25, 0.3) is 10.9 Å². The van der Waals surface area contributed by atoms with Crippen LogP contribution < -0.4 is 10.2 Å². The standard InChI is InChI=1S/C21H19N3O3/c1-24-18-5-4-14(10-16(18)12-20(24)26)19(25)7-9-23-21(27)15-3-2-13-6-8-22-17(13)11-15/h2-6,8,10-11,22H,7,9,12H2,1H3,(H,23,27). The average molecular weight is 361 g/mol. The summed E-state index contributed by atoms with van der Waals surface area (Å²) in [5.74, 6) is -0.235. The van der Waals surface area contributed by atoms with E-state index in [0.29, 0.717) is 17.5 Å². The number of Topliss-reactive ketones (excluding diaryl/α,β-unsaturated/α-hetero) is 1. The van der Waals surface area contributed by atoms with E-state index >= 15 is 0 Å². The third-order valence-corrected chi connectivity index (χ3v) is 4.93. The molecule has 4 rings (SSSR count). The number of amides is 2. The van der Waals surface area contributed by atoms with Gasteiger partial charge in [-0.25, -0.2) is 0 Å². The minimum atomic E-state index is -0.208. The van der Waals surface area contributed by atoms with Crippen molar-refractivity contribution < 1.29 is 14.4 Å². The fourth-order valence-corrected chi connectivity index (χ4v) is 3.37. The molecule has 2 aromatic carbocycles. The van der Waals surface area contributed by atoms with Crippen molar-refractivity contribution in [3.8, 4) is 0 Å². The van der Waals surface area contributed by atoms with Crippen LogP contribution in [0.3, 0.4) is 0 Å². The molecule has 1 aliphatic heterocycles. The predicted octanol–water partition coefficient (Wildman–Crippen LogP) is 2.69. The van der Waals surface area contributed by atoms with E-state index in [1.807, 2.05) is 18.3 Å². The molecular weight excluding hydrogens is 342 g/mol. The number of fused-ring (bicyclic) bond motifs is 2. The van der Waals surface area contributed by atoms with Gasteiger partial charge in [0.2, 0.25) is 5.91 Å². The molecular formula is C21H19N3O3. The van der Waals surface area contributed by atoms with E-state index in [1.165, 1.54) is 0 Å². The minimum Gasteiger partial charge on any atom is -0.361 e. The van der Waals surface area contributed by atoms with Gasteiger partial charge in [0.1, 0.15) is 0 Å². The first-order valence-corrected chi connectivity index (χ1v) is 8.81. The summed E-state index contributed by atoms with van der Waals surface area (Å²) in [5.41, 5.74) is 3.74. The van der Waals surface area contributed by atoms with Crippen molar-refractivity contribution in [3.63, 3.8) is 0 Å². The zero-order chi connectivity index (χ0) is 19.0. The molecule has 1 aromatic heterocycles. The quantitative estimate of drug-likeness (QED) is 0.686. The summed E-state index contributed by atoms with van der Waals surface area (Å²) < 4.78 is 0. The Hall–Kier alpha value is -3.41. The van der Waals surface area contributed by atoms with Crippen LogP contribution in [0.5, 0.6) is 0 Å². The van der Waals surface area contributed by atoms with Gasteiger partial charge >= 0.3 is 0 Å². The molecule has 0 atom stereocenters. The highest BCUT2D eigenvalue weighted by molar-refractivity contribution is 6.03. The van der Waals surface area contributed by atoms with Gasteiger partial charge in [0.05, 0.1) is 6.42 Å². The Balaban J connectivity index is 1.36. The van der Waals surface area contributed by atoms with Crippen molar-refractivity contribution >= 4 is 34.2 Å². The Kier molecular flexibility index (Phi) is 4.24. The van der Waals surface area contributed by atoms with E-state index in [9.17, 15) is 14.4 Å². The fourth-order valence-electron chi connectivity index (χ4n) is 3.37. The van der Waals surface area contributed by atoms with E-state index in [0.717, 1.165) is 22.2 Å². The summed E-state index contributed by atoms with van der Waals surface area (Å²) in [4.78, 5) is 41.1. The van der Waals surface area contributed by atoms with Gasteiger partial charge in [-0.15, -0.1) is 0 Å². The lowest BCUT2D eigenvalue weighted by atomic mass is 10.0. The van der Waals surface area contributed by atoms with Crippen LogP contribution in [0.2, 0.25) is 0 Å². The smallest absolute Gasteiger partial charge is 0.251 e. The molecule has 136 valence electrons. The second kappa shape index (κ2) is 6.72. The van der Waals surface area contributed by atoms with Crippen LogP contribution in [0.1, 0.15) is 32.7 Å². The molecule has 2 heterocycles. The normalized spacial score (nSPS) is 13.1. The first-order valence-electron chi connectivity index (χ1n) is 8.81. The average Bonchev–Trinajstić information content (AvgIpc) is 3.25. The lowest BCUT2D eigenvalue weighted by molar-refractivity contribution is -0.117. The maximum atomic E-state index is 12.4. The van der Waals surface area contributed by atoms with E-state index in [-0.39, 0.29) is 30.6 Å². The predicted molar refractivity (Wildman–Crippen MR) is 103 cm³/mol. The SMILES string of the molecule is CN1C(=O)Cc2cc(C(=O)CCNC(=O)c3ccc4cc[nH]c4c3)ccc21. The van der Waals surface area contributed by atoms with Crippen LogP contribution in [0.15, 0.2) is 48.7 Å². The summed E-state index contributed by atoms with van der Waals surface area (Å²) in [5, 5.41) is 3.83. The molecule has 27 heavy (non-hydrogen) atoms. The summed E-state index contributed by atoms with van der Waals surface area (Å²) in [7, 11) is 1.73. The van der Waals surface area contributed by atoms with Crippen LogP contribution >= 0.6 is 0 Å². The van der Waals surface area contributed by atoms with Gasteiger partial charge in [0.25, 0.3) is 5.91 Å². The number of hydrogen-bond acceptors (Lipinski definition) is 3. The third kappa shape index (κ3) is 3.21. The second-order valence-corrected chi connectivity index (χ2v) is 6.68. The number of carbonyl (C=O) groups is 3. The Morgan fingerprint density at radius 1 is 1.11 bits per heavy atom. The molecule has 0 bridgehead atoms. The summed E-state index contributed by atoms with van der Waals surface area (Å²) >= 11 is 0. The molecule has 3 aromatic rings. The van der Waals surface area contributed by atoms with Crippen molar-refractivity contribution in [3.05, 3.63) is 65.4 Å². The Morgan fingerprint density at radius 3 is 2.78 bits per heavy atom. The van der Waals surface area contributed by atoms with Crippen molar-refractivity contribution in [1.29, 1.82) is 0 Å². The highest BCUT2D eigenvalue weighted by atomic mass is 16.2. The maximum absolute atomic E-state index is 12.4. The fraction of sp³-hybridized carbons (Fsp3) is 0.190. The molecule has 0 spiro atoms. The van der Waals surface area contributed by atoms with Crippen molar-refractivity contribution in [1.82, 2.24) is 10.3 Å². The largest absolute Gasteiger partial charge is 0.361 e. The molecule has 1 aliphatic rings. The zero-order valence-electron chi connectivity index (χ0n) is 14.9. The van der Waals surface area contributed by atoms with Gasteiger partial charge in [-0.1, -0.05) is 6.07 Å². The first-order chi connectivity index (χ1) is 13.0. The van der Waals surface area contributed by atoms with E-state index in [4.69, 9.17) is 0 Å². The maximum Gasteiger partial charge on any atom is 0.251 e. The van der Waals surface area contributed by atoms with Crippen LogP contribution in [-0.2, 0) is 11.2 Å². The molecule has 2 amide bonds. The molecule has 6 heteroatoms. The zero-order valence-corrected chi connectivity index (χ0v) is 14.9. The highest BCUT2D eigenvalue weighted by Crippen LogP contribution is 2.28. The number of carbonyl (C=O) groups excluding carboxylic acids is 3. The topological polar surface area (TPSA) is 82.3 Å². The molecule has 0 saturated heterocycles.